The molecule has 20 heavy (non-hydrogen) atoms. The second kappa shape index (κ2) is 7.05. The number of carbonyl (C=O) groups excluding carboxylic acids is 2. The molecule has 0 aromatic heterocycles. The Labute approximate surface area is 119 Å². The second-order valence-corrected chi connectivity index (χ2v) is 5.66. The van der Waals surface area contributed by atoms with E-state index in [0.717, 1.165) is 5.56 Å². The van der Waals surface area contributed by atoms with E-state index in [2.05, 4.69) is 10.6 Å². The van der Waals surface area contributed by atoms with Gasteiger partial charge >= 0.3 is 0 Å². The van der Waals surface area contributed by atoms with E-state index in [-0.39, 0.29) is 24.9 Å². The zero-order valence-corrected chi connectivity index (χ0v) is 12.1. The maximum atomic E-state index is 11.6. The van der Waals surface area contributed by atoms with Crippen LogP contribution < -0.4 is 10.6 Å². The zero-order valence-electron chi connectivity index (χ0n) is 12.1. The van der Waals surface area contributed by atoms with Gasteiger partial charge in [-0.05, 0) is 5.56 Å². The summed E-state index contributed by atoms with van der Waals surface area (Å²) in [6, 6.07) is 9.08. The first-order valence-electron chi connectivity index (χ1n) is 6.58. The third-order valence-corrected chi connectivity index (χ3v) is 2.77. The normalized spacial score (nSPS) is 12.6. The van der Waals surface area contributed by atoms with E-state index in [1.807, 2.05) is 18.2 Å². The van der Waals surface area contributed by atoms with E-state index in [9.17, 15) is 14.7 Å². The Morgan fingerprint density at radius 2 is 1.75 bits per heavy atom. The molecule has 1 unspecified atom stereocenters. The Kier molecular flexibility index (Phi) is 5.70. The minimum absolute atomic E-state index is 0.0857. The van der Waals surface area contributed by atoms with Crippen molar-refractivity contribution in [3.05, 3.63) is 35.9 Å². The van der Waals surface area contributed by atoms with Crippen LogP contribution in [0.1, 0.15) is 32.4 Å². The van der Waals surface area contributed by atoms with Gasteiger partial charge in [0.1, 0.15) is 0 Å². The maximum Gasteiger partial charge on any atom is 0.239 e. The third kappa shape index (κ3) is 5.40. The highest BCUT2D eigenvalue weighted by molar-refractivity contribution is 5.87. The summed E-state index contributed by atoms with van der Waals surface area (Å²) in [5, 5.41) is 15.0. The topological polar surface area (TPSA) is 78.4 Å². The number of aliphatic hydroxyl groups excluding tert-OH is 1. The molecule has 0 spiro atoms. The lowest BCUT2D eigenvalue weighted by Gasteiger charge is -2.17. The molecule has 0 heterocycles. The molecule has 0 aliphatic carbocycles. The zero-order chi connectivity index (χ0) is 15.2. The quantitative estimate of drug-likeness (QED) is 0.752. The molecule has 0 aliphatic rings. The average molecular weight is 278 g/mol. The molecule has 1 atom stereocenters. The van der Waals surface area contributed by atoms with Crippen LogP contribution in [-0.4, -0.2) is 30.0 Å². The fraction of sp³-hybridized carbons (Fsp3) is 0.467. The van der Waals surface area contributed by atoms with Gasteiger partial charge in [-0.2, -0.15) is 0 Å². The molecular formula is C15H22N2O3. The number of aliphatic hydroxyl groups is 1. The Balaban J connectivity index is 2.32. The highest BCUT2D eigenvalue weighted by atomic mass is 16.3. The van der Waals surface area contributed by atoms with Crippen molar-refractivity contribution in [1.82, 2.24) is 10.6 Å². The number of nitrogens with one attached hydrogen (secondary N) is 2. The van der Waals surface area contributed by atoms with Crippen molar-refractivity contribution in [3.8, 4) is 0 Å². The molecule has 1 aromatic carbocycles. The molecular weight excluding hydrogens is 256 g/mol. The third-order valence-electron chi connectivity index (χ3n) is 2.77. The molecule has 0 radical (unpaired) electrons. The molecule has 1 rings (SSSR count). The van der Waals surface area contributed by atoms with Gasteiger partial charge in [0, 0.05) is 12.0 Å². The fourth-order valence-corrected chi connectivity index (χ4v) is 1.49. The number of benzene rings is 1. The summed E-state index contributed by atoms with van der Waals surface area (Å²) in [4.78, 5) is 23.2. The standard InChI is InChI=1S/C15H22N2O3/c1-15(2,3)14(20)17-10-13(19)16-9-12(18)11-7-5-4-6-8-11/h4-8,12,18H,9-10H2,1-3H3,(H,16,19)(H,17,20). The number of hydrogen-bond acceptors (Lipinski definition) is 3. The highest BCUT2D eigenvalue weighted by Gasteiger charge is 2.21. The lowest BCUT2D eigenvalue weighted by atomic mass is 9.96. The summed E-state index contributed by atoms with van der Waals surface area (Å²) in [5.41, 5.74) is 0.218. The van der Waals surface area contributed by atoms with Crippen molar-refractivity contribution in [1.29, 1.82) is 0 Å². The van der Waals surface area contributed by atoms with Crippen molar-refractivity contribution in [3.63, 3.8) is 0 Å². The van der Waals surface area contributed by atoms with Crippen LogP contribution in [0.3, 0.4) is 0 Å². The molecule has 5 nitrogen and oxygen atoms in total. The van der Waals surface area contributed by atoms with E-state index in [1.54, 1.807) is 32.9 Å². The van der Waals surface area contributed by atoms with Crippen molar-refractivity contribution in [2.75, 3.05) is 13.1 Å². The molecule has 3 N–H and O–H groups in total. The van der Waals surface area contributed by atoms with E-state index in [1.165, 1.54) is 0 Å². The molecule has 0 fully saturated rings. The Bertz CT molecular complexity index is 452. The molecule has 0 saturated carbocycles. The minimum atomic E-state index is -0.751. The predicted octanol–water partition coefficient (Wildman–Crippen LogP) is 0.998. The van der Waals surface area contributed by atoms with E-state index < -0.39 is 11.5 Å². The summed E-state index contributed by atoms with van der Waals surface area (Å²) in [6.07, 6.45) is -0.751. The molecule has 0 aliphatic heterocycles. The van der Waals surface area contributed by atoms with Crippen LogP contribution in [0.5, 0.6) is 0 Å². The number of rotatable bonds is 5. The van der Waals surface area contributed by atoms with Crippen molar-refractivity contribution >= 4 is 11.8 Å². The summed E-state index contributed by atoms with van der Waals surface area (Å²) in [6.45, 7) is 5.37. The molecule has 110 valence electrons. The van der Waals surface area contributed by atoms with Gasteiger partial charge in [-0.3, -0.25) is 9.59 Å². The monoisotopic (exact) mass is 278 g/mol. The van der Waals surface area contributed by atoms with Crippen LogP contribution in [-0.2, 0) is 9.59 Å². The second-order valence-electron chi connectivity index (χ2n) is 5.66. The average Bonchev–Trinajstić information content (AvgIpc) is 2.41. The number of hydrogen-bond donors (Lipinski definition) is 3. The van der Waals surface area contributed by atoms with Gasteiger partial charge in [0.2, 0.25) is 11.8 Å². The van der Waals surface area contributed by atoms with E-state index in [0.29, 0.717) is 0 Å². The maximum absolute atomic E-state index is 11.6. The molecule has 2 amide bonds. The highest BCUT2D eigenvalue weighted by Crippen LogP contribution is 2.12. The van der Waals surface area contributed by atoms with Gasteiger partial charge in [-0.1, -0.05) is 51.1 Å². The smallest absolute Gasteiger partial charge is 0.239 e. The van der Waals surface area contributed by atoms with Crippen molar-refractivity contribution in [2.45, 2.75) is 26.9 Å². The number of carbonyl (C=O) groups is 2. The Hall–Kier alpha value is -1.88. The minimum Gasteiger partial charge on any atom is -0.387 e. The lowest BCUT2D eigenvalue weighted by molar-refractivity contribution is -0.131. The first kappa shape index (κ1) is 16.2. The summed E-state index contributed by atoms with van der Waals surface area (Å²) >= 11 is 0. The first-order valence-corrected chi connectivity index (χ1v) is 6.58. The van der Waals surface area contributed by atoms with Gasteiger partial charge < -0.3 is 15.7 Å². The molecule has 5 heteroatoms. The first-order chi connectivity index (χ1) is 9.30. The molecule has 0 saturated heterocycles. The predicted molar refractivity (Wildman–Crippen MR) is 76.9 cm³/mol. The van der Waals surface area contributed by atoms with Gasteiger partial charge in [0.05, 0.1) is 12.6 Å². The van der Waals surface area contributed by atoms with Crippen LogP contribution in [0.15, 0.2) is 30.3 Å². The van der Waals surface area contributed by atoms with Crippen molar-refractivity contribution in [2.24, 2.45) is 5.41 Å². The summed E-state index contributed by atoms with van der Waals surface area (Å²) < 4.78 is 0. The summed E-state index contributed by atoms with van der Waals surface area (Å²) in [7, 11) is 0. The van der Waals surface area contributed by atoms with E-state index in [4.69, 9.17) is 0 Å². The van der Waals surface area contributed by atoms with Crippen molar-refractivity contribution < 1.29 is 14.7 Å². The van der Waals surface area contributed by atoms with Crippen LogP contribution >= 0.6 is 0 Å². The molecule has 0 bridgehead atoms. The van der Waals surface area contributed by atoms with Gasteiger partial charge in [-0.15, -0.1) is 0 Å². The van der Waals surface area contributed by atoms with Crippen LogP contribution in [0.4, 0.5) is 0 Å². The van der Waals surface area contributed by atoms with Gasteiger partial charge in [0.15, 0.2) is 0 Å². The van der Waals surface area contributed by atoms with Crippen LogP contribution in [0, 0.1) is 5.41 Å². The Morgan fingerprint density at radius 3 is 2.30 bits per heavy atom. The van der Waals surface area contributed by atoms with Crippen LogP contribution in [0.2, 0.25) is 0 Å². The summed E-state index contributed by atoms with van der Waals surface area (Å²) in [5.74, 6) is -0.506. The lowest BCUT2D eigenvalue weighted by Crippen LogP contribution is -2.42. The molecule has 1 aromatic rings. The Morgan fingerprint density at radius 1 is 1.15 bits per heavy atom. The SMILES string of the molecule is CC(C)(C)C(=O)NCC(=O)NCC(O)c1ccccc1. The largest absolute Gasteiger partial charge is 0.387 e. The number of amides is 2. The van der Waals surface area contributed by atoms with Crippen LogP contribution in [0.25, 0.3) is 0 Å². The van der Waals surface area contributed by atoms with E-state index >= 15 is 0 Å². The fourth-order valence-electron chi connectivity index (χ4n) is 1.49. The van der Waals surface area contributed by atoms with Gasteiger partial charge in [-0.25, -0.2) is 0 Å². The van der Waals surface area contributed by atoms with Gasteiger partial charge in [0.25, 0.3) is 0 Å².